The molecule has 5 rings (SSSR count). The molecule has 0 aromatic rings. The summed E-state index contributed by atoms with van der Waals surface area (Å²) in [5.74, 6) is 3.21. The second kappa shape index (κ2) is 6.87. The molecule has 5 aliphatic carbocycles. The molecular formula is C30H50O2. The van der Waals surface area contributed by atoms with Gasteiger partial charge in [-0.05, 0) is 120 Å². The molecule has 0 aromatic carbocycles. The number of fused-ring (bicyclic) bond motifs is 7. The molecule has 2 nitrogen and oxygen atoms in total. The Kier molecular flexibility index (Phi) is 5.02. The van der Waals surface area contributed by atoms with Gasteiger partial charge in [0.15, 0.2) is 0 Å². The van der Waals surface area contributed by atoms with Gasteiger partial charge in [0.05, 0.1) is 12.2 Å². The topological polar surface area (TPSA) is 40.5 Å². The van der Waals surface area contributed by atoms with E-state index in [0.717, 1.165) is 30.3 Å². The third-order valence-electron chi connectivity index (χ3n) is 13.6. The summed E-state index contributed by atoms with van der Waals surface area (Å²) in [6, 6.07) is 0. The van der Waals surface area contributed by atoms with Crippen LogP contribution in [0.15, 0.2) is 12.2 Å². The Morgan fingerprint density at radius 2 is 1.47 bits per heavy atom. The lowest BCUT2D eigenvalue weighted by Crippen LogP contribution is -2.67. The zero-order valence-corrected chi connectivity index (χ0v) is 22.0. The van der Waals surface area contributed by atoms with Gasteiger partial charge in [-0.15, -0.1) is 0 Å². The highest BCUT2D eigenvalue weighted by Crippen LogP contribution is 2.76. The third-order valence-corrected chi connectivity index (χ3v) is 13.6. The lowest BCUT2D eigenvalue weighted by atomic mass is 9.31. The van der Waals surface area contributed by atoms with Crippen molar-refractivity contribution in [2.24, 2.45) is 56.7 Å². The van der Waals surface area contributed by atoms with Gasteiger partial charge in [0.2, 0.25) is 0 Å². The van der Waals surface area contributed by atoms with Crippen molar-refractivity contribution in [2.75, 3.05) is 0 Å². The van der Waals surface area contributed by atoms with Crippen molar-refractivity contribution in [1.82, 2.24) is 0 Å². The van der Waals surface area contributed by atoms with Gasteiger partial charge in [-0.25, -0.2) is 0 Å². The van der Waals surface area contributed by atoms with E-state index in [2.05, 4.69) is 55.0 Å². The predicted molar refractivity (Wildman–Crippen MR) is 132 cm³/mol. The average Bonchev–Trinajstić information content (AvgIpc) is 2.70. The van der Waals surface area contributed by atoms with E-state index in [-0.39, 0.29) is 23.0 Å². The van der Waals surface area contributed by atoms with E-state index in [4.69, 9.17) is 0 Å². The van der Waals surface area contributed by atoms with Crippen molar-refractivity contribution >= 4 is 0 Å². The molecule has 11 atom stereocenters. The van der Waals surface area contributed by atoms with Crippen LogP contribution in [-0.2, 0) is 0 Å². The molecule has 0 saturated heterocycles. The highest BCUT2D eigenvalue weighted by Gasteiger charge is 2.70. The van der Waals surface area contributed by atoms with E-state index in [1.165, 1.54) is 44.9 Å². The Balaban J connectivity index is 1.54. The summed E-state index contributed by atoms with van der Waals surface area (Å²) in [4.78, 5) is 0. The fourth-order valence-corrected chi connectivity index (χ4v) is 11.5. The van der Waals surface area contributed by atoms with Crippen molar-refractivity contribution < 1.29 is 10.2 Å². The van der Waals surface area contributed by atoms with Gasteiger partial charge in [0.1, 0.15) is 0 Å². The molecule has 32 heavy (non-hydrogen) atoms. The number of rotatable bonds is 0. The van der Waals surface area contributed by atoms with Crippen molar-refractivity contribution in [2.45, 2.75) is 118 Å². The van der Waals surface area contributed by atoms with Crippen LogP contribution in [0.25, 0.3) is 0 Å². The first-order valence-corrected chi connectivity index (χ1v) is 13.8. The molecule has 0 amide bonds. The standard InChI is InChI=1S/C30H50O2/c1-18-19(2)25-20-9-10-23-28(6)13-12-24(32)26(3,4)22(28)11-14-30(23,8)29(20,7)16-15-27(25,5)17-21(18)31/h19-25,31-32H,1,9-17H2,2-8H3/t19-,20-,21+,22-,23-,24-,25-,27-,28-,29+,30+/m0/s1. The van der Waals surface area contributed by atoms with Crippen molar-refractivity contribution in [3.05, 3.63) is 12.2 Å². The Bertz CT molecular complexity index is 801. The summed E-state index contributed by atoms with van der Waals surface area (Å²) in [5.41, 5.74) is 2.47. The Labute approximate surface area is 197 Å². The normalized spacial score (nSPS) is 59.4. The molecule has 0 radical (unpaired) electrons. The molecule has 0 unspecified atom stereocenters. The molecule has 2 heteroatoms. The summed E-state index contributed by atoms with van der Waals surface area (Å²) >= 11 is 0. The largest absolute Gasteiger partial charge is 0.393 e. The van der Waals surface area contributed by atoms with Crippen LogP contribution in [-0.4, -0.2) is 22.4 Å². The molecule has 0 heterocycles. The van der Waals surface area contributed by atoms with Crippen LogP contribution in [0.1, 0.15) is 106 Å². The van der Waals surface area contributed by atoms with Crippen LogP contribution < -0.4 is 0 Å². The maximum atomic E-state index is 10.9. The molecule has 5 saturated carbocycles. The van der Waals surface area contributed by atoms with Gasteiger partial charge in [-0.2, -0.15) is 0 Å². The molecule has 182 valence electrons. The molecular weight excluding hydrogens is 392 g/mol. The van der Waals surface area contributed by atoms with Crippen LogP contribution in [0.3, 0.4) is 0 Å². The molecule has 0 bridgehead atoms. The third kappa shape index (κ3) is 2.66. The SMILES string of the molecule is C=C1[C@H](O)C[C@]2(C)CC[C@]3(C)[C@@H](CC[C@H]4[C@@]5(C)CC[C@H](O)C(C)(C)[C@@H]5CC[C@]43C)[C@@H]2[C@H]1C. The van der Waals surface area contributed by atoms with E-state index in [1.807, 2.05) is 0 Å². The molecule has 5 aliphatic rings. The predicted octanol–water partition coefficient (Wildman–Crippen LogP) is 7.00. The minimum absolute atomic E-state index is 0.0307. The average molecular weight is 443 g/mol. The molecule has 0 aromatic heterocycles. The van der Waals surface area contributed by atoms with Crippen LogP contribution in [0.2, 0.25) is 0 Å². The van der Waals surface area contributed by atoms with E-state index in [1.54, 1.807) is 0 Å². The second-order valence-electron chi connectivity index (χ2n) is 14.8. The maximum Gasteiger partial charge on any atom is 0.0755 e. The van der Waals surface area contributed by atoms with Crippen molar-refractivity contribution in [1.29, 1.82) is 0 Å². The zero-order chi connectivity index (χ0) is 23.5. The quantitative estimate of drug-likeness (QED) is 0.397. The molecule has 0 aliphatic heterocycles. The second-order valence-corrected chi connectivity index (χ2v) is 14.8. The smallest absolute Gasteiger partial charge is 0.0755 e. The van der Waals surface area contributed by atoms with Gasteiger partial charge < -0.3 is 10.2 Å². The van der Waals surface area contributed by atoms with Crippen molar-refractivity contribution in [3.8, 4) is 0 Å². The van der Waals surface area contributed by atoms with Crippen LogP contribution >= 0.6 is 0 Å². The number of aliphatic hydroxyl groups is 2. The molecule has 5 fully saturated rings. The van der Waals surface area contributed by atoms with Gasteiger partial charge in [0.25, 0.3) is 0 Å². The Morgan fingerprint density at radius 3 is 2.16 bits per heavy atom. The fourth-order valence-electron chi connectivity index (χ4n) is 11.5. The van der Waals surface area contributed by atoms with E-state index >= 15 is 0 Å². The molecule has 2 N–H and O–H groups in total. The number of hydrogen-bond acceptors (Lipinski definition) is 2. The lowest BCUT2D eigenvalue weighted by Gasteiger charge is -2.74. The minimum Gasteiger partial charge on any atom is -0.393 e. The van der Waals surface area contributed by atoms with Crippen LogP contribution in [0, 0.1) is 56.7 Å². The molecule has 0 spiro atoms. The highest BCUT2D eigenvalue weighted by atomic mass is 16.3. The zero-order valence-electron chi connectivity index (χ0n) is 22.0. The first-order chi connectivity index (χ1) is 14.7. The summed E-state index contributed by atoms with van der Waals surface area (Å²) in [6.07, 6.45) is 10.5. The first kappa shape index (κ1) is 23.4. The monoisotopic (exact) mass is 442 g/mol. The van der Waals surface area contributed by atoms with Gasteiger partial charge >= 0.3 is 0 Å². The van der Waals surface area contributed by atoms with E-state index in [9.17, 15) is 10.2 Å². The van der Waals surface area contributed by atoms with Gasteiger partial charge in [-0.1, -0.05) is 55.0 Å². The van der Waals surface area contributed by atoms with Gasteiger partial charge in [0, 0.05) is 0 Å². The minimum atomic E-state index is -0.312. The van der Waals surface area contributed by atoms with Gasteiger partial charge in [-0.3, -0.25) is 0 Å². The van der Waals surface area contributed by atoms with E-state index < -0.39 is 0 Å². The Hall–Kier alpha value is -0.340. The summed E-state index contributed by atoms with van der Waals surface area (Å²) < 4.78 is 0. The summed E-state index contributed by atoms with van der Waals surface area (Å²) in [5, 5.41) is 21.7. The lowest BCUT2D eigenvalue weighted by molar-refractivity contribution is -0.253. The summed E-state index contributed by atoms with van der Waals surface area (Å²) in [6.45, 7) is 21.9. The summed E-state index contributed by atoms with van der Waals surface area (Å²) in [7, 11) is 0. The Morgan fingerprint density at radius 1 is 0.781 bits per heavy atom. The van der Waals surface area contributed by atoms with Crippen LogP contribution in [0.4, 0.5) is 0 Å². The number of hydrogen-bond donors (Lipinski definition) is 2. The highest BCUT2D eigenvalue weighted by molar-refractivity contribution is 5.23. The number of aliphatic hydroxyl groups excluding tert-OH is 2. The van der Waals surface area contributed by atoms with E-state index in [0.29, 0.717) is 34.0 Å². The van der Waals surface area contributed by atoms with Crippen molar-refractivity contribution in [3.63, 3.8) is 0 Å². The first-order valence-electron chi connectivity index (χ1n) is 13.8. The maximum absolute atomic E-state index is 10.9. The fraction of sp³-hybridized carbons (Fsp3) is 0.933. The van der Waals surface area contributed by atoms with Crippen LogP contribution in [0.5, 0.6) is 0 Å².